The molecule has 0 aromatic heterocycles. The van der Waals surface area contributed by atoms with Crippen LogP contribution in [0.25, 0.3) is 0 Å². The van der Waals surface area contributed by atoms with E-state index >= 15 is 0 Å². The van der Waals surface area contributed by atoms with Crippen LogP contribution in [-0.4, -0.2) is 19.6 Å². The lowest BCUT2D eigenvalue weighted by Crippen LogP contribution is -2.43. The molecule has 0 radical (unpaired) electrons. The molecule has 2 aromatic rings. The Morgan fingerprint density at radius 2 is 1.68 bits per heavy atom. The molecule has 4 nitrogen and oxygen atoms in total. The summed E-state index contributed by atoms with van der Waals surface area (Å²) in [5, 5.41) is 10.7. The molecule has 7 heteroatoms. The number of halogens is 2. The molecule has 0 aliphatic rings. The van der Waals surface area contributed by atoms with Gasteiger partial charge in [-0.1, -0.05) is 48.3 Å². The average Bonchev–Trinajstić information content (AvgIpc) is 2.59. The van der Waals surface area contributed by atoms with Crippen LogP contribution in [0.15, 0.2) is 57.9 Å². The molecule has 0 heterocycles. The van der Waals surface area contributed by atoms with Crippen LogP contribution in [0, 0.1) is 11.7 Å². The van der Waals surface area contributed by atoms with E-state index in [0.717, 1.165) is 4.47 Å². The minimum absolute atomic E-state index is 0.120. The summed E-state index contributed by atoms with van der Waals surface area (Å²) in [6.45, 7) is 3.78. The molecular weight excluding hydrogens is 409 g/mol. The molecule has 0 saturated carbocycles. The first-order valence-corrected chi connectivity index (χ1v) is 10.2. The number of hydrogen-bond donors (Lipinski definition) is 2. The highest BCUT2D eigenvalue weighted by molar-refractivity contribution is 9.10. The van der Waals surface area contributed by atoms with E-state index in [4.69, 9.17) is 0 Å². The zero-order valence-electron chi connectivity index (χ0n) is 14.0. The fraction of sp³-hybridized carbons (Fsp3) is 0.333. The second-order valence-electron chi connectivity index (χ2n) is 5.98. The summed E-state index contributed by atoms with van der Waals surface area (Å²) in [5.74, 6) is -0.531. The van der Waals surface area contributed by atoms with Crippen molar-refractivity contribution in [1.29, 1.82) is 0 Å². The lowest BCUT2D eigenvalue weighted by Gasteiger charge is -2.29. The van der Waals surface area contributed by atoms with Crippen molar-refractivity contribution in [1.82, 2.24) is 4.72 Å². The third kappa shape index (κ3) is 5.10. The maximum Gasteiger partial charge on any atom is 0.240 e. The number of nitrogens with one attached hydrogen (secondary N) is 1. The van der Waals surface area contributed by atoms with Gasteiger partial charge in [0.25, 0.3) is 0 Å². The van der Waals surface area contributed by atoms with Gasteiger partial charge in [-0.25, -0.2) is 17.5 Å². The molecule has 0 fully saturated rings. The van der Waals surface area contributed by atoms with E-state index < -0.39 is 28.0 Å². The van der Waals surface area contributed by atoms with Gasteiger partial charge in [0.2, 0.25) is 10.0 Å². The Hall–Kier alpha value is -1.28. The number of aliphatic hydroxyl groups is 1. The average molecular weight is 430 g/mol. The van der Waals surface area contributed by atoms with Crippen molar-refractivity contribution in [2.24, 2.45) is 5.92 Å². The molecular formula is C18H21BrFNO3S. The molecule has 3 atom stereocenters. The molecule has 0 saturated heterocycles. The van der Waals surface area contributed by atoms with E-state index in [2.05, 4.69) is 20.7 Å². The van der Waals surface area contributed by atoms with Crippen molar-refractivity contribution < 1.29 is 17.9 Å². The van der Waals surface area contributed by atoms with E-state index in [-0.39, 0.29) is 10.8 Å². The van der Waals surface area contributed by atoms with Gasteiger partial charge in [-0.3, -0.25) is 0 Å². The van der Waals surface area contributed by atoms with E-state index in [1.807, 2.05) is 13.8 Å². The molecule has 1 unspecified atom stereocenters. The van der Waals surface area contributed by atoms with Crippen LogP contribution in [0.5, 0.6) is 0 Å². The standard InChI is InChI=1S/C18H21BrFNO3S/c1-3-12(2)17(18(22)13-4-8-15(20)9-5-13)21-25(23,24)16-10-6-14(19)7-11-16/h4-12,17-18,21-22H,3H2,1-2H3/t12-,17-,18?/m0/s1. The minimum Gasteiger partial charge on any atom is -0.387 e. The van der Waals surface area contributed by atoms with Crippen LogP contribution in [0.2, 0.25) is 0 Å². The highest BCUT2D eigenvalue weighted by atomic mass is 79.9. The van der Waals surface area contributed by atoms with Crippen LogP contribution in [0.4, 0.5) is 4.39 Å². The predicted octanol–water partition coefficient (Wildman–Crippen LogP) is 4.01. The van der Waals surface area contributed by atoms with E-state index in [0.29, 0.717) is 12.0 Å². The number of aliphatic hydroxyl groups excluding tert-OH is 1. The summed E-state index contributed by atoms with van der Waals surface area (Å²) in [6.07, 6.45) is -0.410. The number of hydrogen-bond acceptors (Lipinski definition) is 3. The van der Waals surface area contributed by atoms with Gasteiger partial charge in [0.05, 0.1) is 17.0 Å². The van der Waals surface area contributed by atoms with Crippen molar-refractivity contribution in [3.05, 3.63) is 64.4 Å². The second kappa shape index (κ2) is 8.40. The Kier molecular flexibility index (Phi) is 6.73. The zero-order chi connectivity index (χ0) is 18.6. The van der Waals surface area contributed by atoms with Crippen LogP contribution < -0.4 is 4.72 Å². The first-order valence-electron chi connectivity index (χ1n) is 7.96. The third-order valence-electron chi connectivity index (χ3n) is 4.22. The monoisotopic (exact) mass is 429 g/mol. The highest BCUT2D eigenvalue weighted by Gasteiger charge is 2.30. The summed E-state index contributed by atoms with van der Waals surface area (Å²) < 4.78 is 41.8. The van der Waals surface area contributed by atoms with Gasteiger partial charge in [0.15, 0.2) is 0 Å². The Balaban J connectivity index is 2.31. The highest BCUT2D eigenvalue weighted by Crippen LogP contribution is 2.26. The smallest absolute Gasteiger partial charge is 0.240 e. The Morgan fingerprint density at radius 1 is 1.12 bits per heavy atom. The topological polar surface area (TPSA) is 66.4 Å². The summed E-state index contributed by atoms with van der Waals surface area (Å²) >= 11 is 3.27. The van der Waals surface area contributed by atoms with E-state index in [1.54, 1.807) is 12.1 Å². The van der Waals surface area contributed by atoms with Gasteiger partial charge in [-0.2, -0.15) is 0 Å². The molecule has 25 heavy (non-hydrogen) atoms. The second-order valence-corrected chi connectivity index (χ2v) is 8.61. The number of benzene rings is 2. The molecule has 2 aromatic carbocycles. The minimum atomic E-state index is -3.80. The van der Waals surface area contributed by atoms with Crippen molar-refractivity contribution in [2.75, 3.05) is 0 Å². The zero-order valence-corrected chi connectivity index (χ0v) is 16.4. The molecule has 0 bridgehead atoms. The molecule has 0 aliphatic heterocycles. The first kappa shape index (κ1) is 20.0. The Labute approximate surface area is 156 Å². The van der Waals surface area contributed by atoms with Gasteiger partial charge in [-0.15, -0.1) is 0 Å². The molecule has 0 amide bonds. The summed E-state index contributed by atoms with van der Waals surface area (Å²) in [4.78, 5) is 0.121. The van der Waals surface area contributed by atoms with Crippen LogP contribution in [0.3, 0.4) is 0 Å². The van der Waals surface area contributed by atoms with Gasteiger partial charge in [0, 0.05) is 4.47 Å². The SMILES string of the molecule is CC[C@H](C)[C@H](NS(=O)(=O)c1ccc(Br)cc1)C(O)c1ccc(F)cc1. The molecule has 0 spiro atoms. The summed E-state index contributed by atoms with van der Waals surface area (Å²) in [7, 11) is -3.80. The Bertz CT molecular complexity index is 794. The fourth-order valence-corrected chi connectivity index (χ4v) is 4.09. The maximum atomic E-state index is 13.1. The quantitative estimate of drug-likeness (QED) is 0.698. The third-order valence-corrected chi connectivity index (χ3v) is 6.23. The van der Waals surface area contributed by atoms with Gasteiger partial charge < -0.3 is 5.11 Å². The van der Waals surface area contributed by atoms with Gasteiger partial charge >= 0.3 is 0 Å². The lowest BCUT2D eigenvalue weighted by molar-refractivity contribution is 0.112. The van der Waals surface area contributed by atoms with Crippen molar-refractivity contribution in [2.45, 2.75) is 37.3 Å². The van der Waals surface area contributed by atoms with Crippen molar-refractivity contribution >= 4 is 26.0 Å². The summed E-state index contributed by atoms with van der Waals surface area (Å²) in [6, 6.07) is 10.9. The van der Waals surface area contributed by atoms with Crippen LogP contribution in [0.1, 0.15) is 31.9 Å². The van der Waals surface area contributed by atoms with E-state index in [1.165, 1.54) is 36.4 Å². The van der Waals surface area contributed by atoms with Gasteiger partial charge in [0.1, 0.15) is 5.82 Å². The predicted molar refractivity (Wildman–Crippen MR) is 99.1 cm³/mol. The fourth-order valence-electron chi connectivity index (χ4n) is 2.47. The van der Waals surface area contributed by atoms with Crippen molar-refractivity contribution in [3.8, 4) is 0 Å². The molecule has 136 valence electrons. The molecule has 2 N–H and O–H groups in total. The van der Waals surface area contributed by atoms with Crippen LogP contribution in [-0.2, 0) is 10.0 Å². The number of sulfonamides is 1. The maximum absolute atomic E-state index is 13.1. The molecule has 0 aliphatic carbocycles. The Morgan fingerprint density at radius 3 is 2.20 bits per heavy atom. The van der Waals surface area contributed by atoms with Gasteiger partial charge in [-0.05, 0) is 47.9 Å². The van der Waals surface area contributed by atoms with E-state index in [9.17, 15) is 17.9 Å². The largest absolute Gasteiger partial charge is 0.387 e. The summed E-state index contributed by atoms with van der Waals surface area (Å²) in [5.41, 5.74) is 0.463. The first-order chi connectivity index (χ1) is 11.7. The number of rotatable bonds is 7. The van der Waals surface area contributed by atoms with Crippen LogP contribution >= 0.6 is 15.9 Å². The normalized spacial score (nSPS) is 15.6. The molecule has 2 rings (SSSR count). The van der Waals surface area contributed by atoms with Crippen molar-refractivity contribution in [3.63, 3.8) is 0 Å². The lowest BCUT2D eigenvalue weighted by atomic mass is 9.91.